The summed E-state index contributed by atoms with van der Waals surface area (Å²) in [4.78, 5) is 0. The van der Waals surface area contributed by atoms with Crippen molar-refractivity contribution in [3.63, 3.8) is 0 Å². The zero-order valence-corrected chi connectivity index (χ0v) is 20.4. The quantitative estimate of drug-likeness (QED) is 0.189. The Balaban J connectivity index is 1.69. The summed E-state index contributed by atoms with van der Waals surface area (Å²) in [6, 6.07) is 23.7. The van der Waals surface area contributed by atoms with E-state index in [-0.39, 0.29) is 6.10 Å². The minimum Gasteiger partial charge on any atom is -0.490 e. The van der Waals surface area contributed by atoms with Crippen LogP contribution in [-0.2, 0) is 6.54 Å². The fourth-order valence-corrected chi connectivity index (χ4v) is 3.93. The molecular weight excluding hydrogens is 418 g/mol. The predicted octanol–water partition coefficient (Wildman–Crippen LogP) is 7.18. The Morgan fingerprint density at radius 1 is 0.941 bits per heavy atom. The van der Waals surface area contributed by atoms with Crippen molar-refractivity contribution in [2.24, 2.45) is 0 Å². The van der Waals surface area contributed by atoms with Gasteiger partial charge in [0, 0.05) is 29.1 Å². The standard InChI is InChI=1S/C30H37N3O/c1-4-6-13-26(10-5-2)34-27-17-14-24(15-18-27)30(32)28-20-25(16-19-29(28)31)22(3)33-21-23-11-8-7-9-12-23/h7-9,11-12,14-20,26,32-33H,3-6,10,13,21,31H2,1-2H3. The van der Waals surface area contributed by atoms with Crippen LogP contribution in [0.5, 0.6) is 5.75 Å². The largest absolute Gasteiger partial charge is 0.490 e. The van der Waals surface area contributed by atoms with Gasteiger partial charge in [-0.15, -0.1) is 0 Å². The number of unbranched alkanes of at least 4 members (excludes halogenated alkanes) is 1. The zero-order chi connectivity index (χ0) is 24.3. The summed E-state index contributed by atoms with van der Waals surface area (Å²) in [5, 5.41) is 12.2. The third-order valence-corrected chi connectivity index (χ3v) is 5.96. The van der Waals surface area contributed by atoms with Gasteiger partial charge in [0.2, 0.25) is 0 Å². The number of anilines is 1. The highest BCUT2D eigenvalue weighted by atomic mass is 16.5. The topological polar surface area (TPSA) is 71.1 Å². The van der Waals surface area contributed by atoms with Crippen molar-refractivity contribution in [3.05, 3.63) is 102 Å². The van der Waals surface area contributed by atoms with Crippen molar-refractivity contribution in [2.75, 3.05) is 5.73 Å². The van der Waals surface area contributed by atoms with E-state index in [1.165, 1.54) is 18.4 Å². The summed E-state index contributed by atoms with van der Waals surface area (Å²) < 4.78 is 6.22. The summed E-state index contributed by atoms with van der Waals surface area (Å²) in [7, 11) is 0. The first-order valence-electron chi connectivity index (χ1n) is 12.2. The molecule has 1 unspecified atom stereocenters. The first-order valence-corrected chi connectivity index (χ1v) is 12.2. The van der Waals surface area contributed by atoms with E-state index in [2.05, 4.69) is 37.9 Å². The Labute approximate surface area is 204 Å². The normalized spacial score (nSPS) is 11.6. The van der Waals surface area contributed by atoms with Crippen LogP contribution in [0.1, 0.15) is 68.2 Å². The minimum absolute atomic E-state index is 0.247. The number of rotatable bonds is 13. The summed E-state index contributed by atoms with van der Waals surface area (Å²) in [5.74, 6) is 0.853. The van der Waals surface area contributed by atoms with Gasteiger partial charge in [0.05, 0.1) is 11.8 Å². The summed E-state index contributed by atoms with van der Waals surface area (Å²) >= 11 is 0. The molecule has 3 aromatic rings. The maximum absolute atomic E-state index is 8.78. The lowest BCUT2D eigenvalue weighted by molar-refractivity contribution is 0.176. The molecule has 0 saturated heterocycles. The lowest BCUT2D eigenvalue weighted by Crippen LogP contribution is -2.16. The molecule has 0 aromatic heterocycles. The molecule has 0 spiro atoms. The van der Waals surface area contributed by atoms with Crippen molar-refractivity contribution in [1.29, 1.82) is 5.41 Å². The predicted molar refractivity (Wildman–Crippen MR) is 144 cm³/mol. The van der Waals surface area contributed by atoms with Gasteiger partial charge in [-0.2, -0.15) is 0 Å². The molecule has 4 nitrogen and oxygen atoms in total. The van der Waals surface area contributed by atoms with Gasteiger partial charge in [0.25, 0.3) is 0 Å². The number of hydrogen-bond donors (Lipinski definition) is 3. The first-order chi connectivity index (χ1) is 16.5. The van der Waals surface area contributed by atoms with Crippen LogP contribution in [0.15, 0.2) is 79.4 Å². The molecule has 0 amide bonds. The van der Waals surface area contributed by atoms with Gasteiger partial charge in [0.1, 0.15) is 5.75 Å². The van der Waals surface area contributed by atoms with Gasteiger partial charge in [-0.3, -0.25) is 5.41 Å². The summed E-state index contributed by atoms with van der Waals surface area (Å²) in [5.41, 5.74) is 11.6. The number of nitrogens with one attached hydrogen (secondary N) is 2. The minimum atomic E-state index is 0.247. The van der Waals surface area contributed by atoms with Crippen molar-refractivity contribution < 1.29 is 4.74 Å². The highest BCUT2D eigenvalue weighted by Gasteiger charge is 2.13. The fourth-order valence-electron chi connectivity index (χ4n) is 3.93. The van der Waals surface area contributed by atoms with Crippen LogP contribution >= 0.6 is 0 Å². The van der Waals surface area contributed by atoms with Crippen molar-refractivity contribution >= 4 is 17.1 Å². The van der Waals surface area contributed by atoms with E-state index >= 15 is 0 Å². The maximum atomic E-state index is 8.78. The molecule has 0 saturated carbocycles. The molecule has 3 aromatic carbocycles. The van der Waals surface area contributed by atoms with Gasteiger partial charge >= 0.3 is 0 Å². The molecule has 1 atom stereocenters. The Hall–Kier alpha value is -3.53. The Morgan fingerprint density at radius 2 is 1.65 bits per heavy atom. The van der Waals surface area contributed by atoms with E-state index in [4.69, 9.17) is 15.9 Å². The second-order valence-electron chi connectivity index (χ2n) is 8.69. The van der Waals surface area contributed by atoms with Gasteiger partial charge in [-0.05, 0) is 60.4 Å². The molecule has 0 heterocycles. The summed E-state index contributed by atoms with van der Waals surface area (Å²) in [6.07, 6.45) is 5.84. The van der Waals surface area contributed by atoms with E-state index in [9.17, 15) is 0 Å². The molecule has 178 valence electrons. The SMILES string of the molecule is C=C(NCc1ccccc1)c1ccc(N)c(C(=N)c2ccc(OC(CCC)CCCC)cc2)c1. The van der Waals surface area contributed by atoms with Gasteiger partial charge in [-0.1, -0.05) is 76.1 Å². The van der Waals surface area contributed by atoms with Crippen LogP contribution in [0.4, 0.5) is 5.69 Å². The Kier molecular flexibility index (Phi) is 9.33. The van der Waals surface area contributed by atoms with Crippen LogP contribution in [-0.4, -0.2) is 11.8 Å². The molecular formula is C30H37N3O. The van der Waals surface area contributed by atoms with Crippen LogP contribution < -0.4 is 15.8 Å². The maximum Gasteiger partial charge on any atom is 0.119 e. The molecule has 0 aliphatic rings. The summed E-state index contributed by atoms with van der Waals surface area (Å²) in [6.45, 7) is 9.27. The zero-order valence-electron chi connectivity index (χ0n) is 20.4. The first kappa shape index (κ1) is 25.1. The molecule has 0 aliphatic heterocycles. The third-order valence-electron chi connectivity index (χ3n) is 5.96. The third kappa shape index (κ3) is 6.98. The number of benzene rings is 3. The smallest absolute Gasteiger partial charge is 0.119 e. The Morgan fingerprint density at radius 3 is 2.32 bits per heavy atom. The van der Waals surface area contributed by atoms with Crippen LogP contribution in [0.25, 0.3) is 5.70 Å². The van der Waals surface area contributed by atoms with E-state index in [0.717, 1.165) is 41.8 Å². The molecule has 34 heavy (non-hydrogen) atoms. The van der Waals surface area contributed by atoms with E-state index < -0.39 is 0 Å². The lowest BCUT2D eigenvalue weighted by Gasteiger charge is -2.19. The second kappa shape index (κ2) is 12.6. The van der Waals surface area contributed by atoms with Gasteiger partial charge < -0.3 is 15.8 Å². The van der Waals surface area contributed by atoms with Crippen molar-refractivity contribution in [1.82, 2.24) is 5.32 Å². The number of ether oxygens (including phenoxy) is 1. The van der Waals surface area contributed by atoms with Gasteiger partial charge in [0.15, 0.2) is 0 Å². The molecule has 4 heteroatoms. The number of nitrogen functional groups attached to an aromatic ring is 1. The van der Waals surface area contributed by atoms with E-state index in [0.29, 0.717) is 23.5 Å². The molecule has 0 bridgehead atoms. The van der Waals surface area contributed by atoms with E-state index in [1.807, 2.05) is 60.7 Å². The lowest BCUT2D eigenvalue weighted by atomic mass is 9.98. The average molecular weight is 456 g/mol. The van der Waals surface area contributed by atoms with Crippen molar-refractivity contribution in [2.45, 2.75) is 58.6 Å². The molecule has 0 aliphatic carbocycles. The highest BCUT2D eigenvalue weighted by Crippen LogP contribution is 2.24. The fraction of sp³-hybridized carbons (Fsp3) is 0.300. The van der Waals surface area contributed by atoms with Crippen LogP contribution in [0.3, 0.4) is 0 Å². The average Bonchev–Trinajstić information content (AvgIpc) is 2.87. The number of nitrogens with two attached hydrogens (primary N) is 1. The molecule has 0 fully saturated rings. The number of hydrogen-bond acceptors (Lipinski definition) is 4. The molecule has 4 N–H and O–H groups in total. The molecule has 0 radical (unpaired) electrons. The van der Waals surface area contributed by atoms with Crippen LogP contribution in [0.2, 0.25) is 0 Å². The second-order valence-corrected chi connectivity index (χ2v) is 8.69. The van der Waals surface area contributed by atoms with Crippen LogP contribution in [0, 0.1) is 5.41 Å². The van der Waals surface area contributed by atoms with Gasteiger partial charge in [-0.25, -0.2) is 0 Å². The monoisotopic (exact) mass is 455 g/mol. The Bertz CT molecular complexity index is 1070. The van der Waals surface area contributed by atoms with E-state index in [1.54, 1.807) is 0 Å². The van der Waals surface area contributed by atoms with Crippen molar-refractivity contribution in [3.8, 4) is 5.75 Å². The molecule has 3 rings (SSSR count). The highest BCUT2D eigenvalue weighted by molar-refractivity contribution is 6.14.